The van der Waals surface area contributed by atoms with E-state index in [0.29, 0.717) is 32.1 Å². The number of rotatable bonds is 2. The highest BCUT2D eigenvalue weighted by atomic mass is 16.4. The van der Waals surface area contributed by atoms with Gasteiger partial charge in [0.15, 0.2) is 0 Å². The Morgan fingerprint density at radius 1 is 1.00 bits per heavy atom. The van der Waals surface area contributed by atoms with Gasteiger partial charge in [-0.05, 0) is 37.8 Å². The lowest BCUT2D eigenvalue weighted by atomic mass is 9.92. The summed E-state index contributed by atoms with van der Waals surface area (Å²) in [4.78, 5) is 29.2. The average molecular weight is 389 g/mol. The predicted octanol–water partition coefficient (Wildman–Crippen LogP) is 3.37. The lowest BCUT2D eigenvalue weighted by molar-refractivity contribution is 0.142. The molecule has 1 aromatic carbocycles. The van der Waals surface area contributed by atoms with Crippen LogP contribution in [0.4, 0.5) is 10.7 Å². The van der Waals surface area contributed by atoms with Crippen molar-refractivity contribution in [1.82, 2.24) is 19.9 Å². The molecule has 1 amide bonds. The van der Waals surface area contributed by atoms with E-state index >= 15 is 0 Å². The summed E-state index contributed by atoms with van der Waals surface area (Å²) in [5, 5.41) is 10.3. The van der Waals surface area contributed by atoms with Gasteiger partial charge in [-0.25, -0.2) is 14.8 Å². The summed E-state index contributed by atoms with van der Waals surface area (Å²) >= 11 is 0. The topological polar surface area (TPSA) is 82.5 Å². The van der Waals surface area contributed by atoms with Gasteiger partial charge in [0.2, 0.25) is 5.95 Å². The molecule has 0 spiro atoms. The summed E-state index contributed by atoms with van der Waals surface area (Å²) < 4.78 is 0. The third kappa shape index (κ3) is 3.37. The fraction of sp³-hybridized carbons (Fsp3) is 0.364. The number of aryl methyl sites for hydroxylation is 1. The van der Waals surface area contributed by atoms with E-state index in [2.05, 4.69) is 22.0 Å². The molecular weight excluding hydrogens is 366 g/mol. The number of pyridine rings is 1. The fourth-order valence-electron chi connectivity index (χ4n) is 4.26. The predicted molar refractivity (Wildman–Crippen MR) is 111 cm³/mol. The van der Waals surface area contributed by atoms with Crippen LogP contribution in [0.5, 0.6) is 0 Å². The van der Waals surface area contributed by atoms with Gasteiger partial charge in [0.25, 0.3) is 0 Å². The van der Waals surface area contributed by atoms with Gasteiger partial charge in [-0.1, -0.05) is 18.2 Å². The van der Waals surface area contributed by atoms with Crippen LogP contribution in [0.25, 0.3) is 22.2 Å². The molecule has 0 bridgehead atoms. The molecule has 2 aromatic heterocycles. The van der Waals surface area contributed by atoms with Crippen LogP contribution in [-0.2, 0) is 12.8 Å². The van der Waals surface area contributed by atoms with E-state index in [1.54, 1.807) is 0 Å². The number of carboxylic acid groups (broad SMARTS) is 1. The Morgan fingerprint density at radius 2 is 1.79 bits per heavy atom. The molecule has 29 heavy (non-hydrogen) atoms. The third-order valence-electron chi connectivity index (χ3n) is 5.87. The minimum Gasteiger partial charge on any atom is -0.465 e. The van der Waals surface area contributed by atoms with Crippen molar-refractivity contribution < 1.29 is 9.90 Å². The molecule has 0 atom stereocenters. The molecule has 148 valence electrons. The van der Waals surface area contributed by atoms with E-state index in [1.807, 2.05) is 24.4 Å². The Kier molecular flexibility index (Phi) is 4.50. The smallest absolute Gasteiger partial charge is 0.407 e. The van der Waals surface area contributed by atoms with Crippen LogP contribution in [0.1, 0.15) is 24.1 Å². The summed E-state index contributed by atoms with van der Waals surface area (Å²) in [5.74, 6) is 0.707. The van der Waals surface area contributed by atoms with Crippen molar-refractivity contribution in [3.63, 3.8) is 0 Å². The highest BCUT2D eigenvalue weighted by Gasteiger charge is 2.25. The zero-order valence-corrected chi connectivity index (χ0v) is 16.2. The van der Waals surface area contributed by atoms with Crippen molar-refractivity contribution in [2.24, 2.45) is 0 Å². The minimum atomic E-state index is -0.862. The van der Waals surface area contributed by atoms with Crippen LogP contribution in [0.3, 0.4) is 0 Å². The van der Waals surface area contributed by atoms with Gasteiger partial charge in [-0.15, -0.1) is 0 Å². The highest BCUT2D eigenvalue weighted by molar-refractivity contribution is 5.83. The van der Waals surface area contributed by atoms with Gasteiger partial charge in [-0.2, -0.15) is 0 Å². The number of hydrogen-bond donors (Lipinski definition) is 1. The molecule has 1 fully saturated rings. The Bertz CT molecular complexity index is 1080. The second kappa shape index (κ2) is 7.31. The number of hydrogen-bond acceptors (Lipinski definition) is 5. The number of benzene rings is 1. The summed E-state index contributed by atoms with van der Waals surface area (Å²) in [7, 11) is 0. The fourth-order valence-corrected chi connectivity index (χ4v) is 4.26. The van der Waals surface area contributed by atoms with Crippen molar-refractivity contribution in [3.8, 4) is 11.3 Å². The molecule has 2 aliphatic rings. The second-order valence-electron chi connectivity index (χ2n) is 7.68. The normalized spacial score (nSPS) is 16.7. The van der Waals surface area contributed by atoms with E-state index < -0.39 is 6.09 Å². The maximum atomic E-state index is 11.2. The first kappa shape index (κ1) is 17.8. The van der Waals surface area contributed by atoms with Crippen molar-refractivity contribution >= 4 is 22.9 Å². The molecular formula is C22H23N5O2. The average Bonchev–Trinajstić information content (AvgIpc) is 2.78. The zero-order valence-electron chi connectivity index (χ0n) is 16.2. The quantitative estimate of drug-likeness (QED) is 0.724. The maximum absolute atomic E-state index is 11.2. The first-order valence-electron chi connectivity index (χ1n) is 10.2. The number of carbonyl (C=O) groups is 1. The molecule has 3 heterocycles. The highest BCUT2D eigenvalue weighted by Crippen LogP contribution is 2.32. The minimum absolute atomic E-state index is 0.475. The maximum Gasteiger partial charge on any atom is 0.407 e. The van der Waals surface area contributed by atoms with Crippen molar-refractivity contribution in [3.05, 3.63) is 47.8 Å². The molecule has 0 saturated carbocycles. The van der Waals surface area contributed by atoms with Crippen LogP contribution in [0.2, 0.25) is 0 Å². The van der Waals surface area contributed by atoms with Crippen molar-refractivity contribution in [1.29, 1.82) is 0 Å². The van der Waals surface area contributed by atoms with Crippen molar-refractivity contribution in [2.45, 2.75) is 25.7 Å². The van der Waals surface area contributed by atoms with Crippen LogP contribution >= 0.6 is 0 Å². The van der Waals surface area contributed by atoms with Crippen LogP contribution in [0.15, 0.2) is 36.5 Å². The first-order valence-corrected chi connectivity index (χ1v) is 10.2. The molecule has 7 heteroatoms. The number of para-hydroxylation sites is 1. The molecule has 1 aliphatic heterocycles. The Morgan fingerprint density at radius 3 is 2.62 bits per heavy atom. The van der Waals surface area contributed by atoms with Gasteiger partial charge in [0.05, 0.1) is 11.2 Å². The van der Waals surface area contributed by atoms with Gasteiger partial charge in [0, 0.05) is 54.6 Å². The van der Waals surface area contributed by atoms with Gasteiger partial charge >= 0.3 is 6.09 Å². The summed E-state index contributed by atoms with van der Waals surface area (Å²) in [6, 6.07) is 10.3. The third-order valence-corrected chi connectivity index (χ3v) is 5.87. The van der Waals surface area contributed by atoms with Crippen LogP contribution in [0, 0.1) is 0 Å². The molecule has 1 aliphatic carbocycles. The second-order valence-corrected chi connectivity index (χ2v) is 7.68. The monoisotopic (exact) mass is 389 g/mol. The lowest BCUT2D eigenvalue weighted by Gasteiger charge is -2.34. The lowest BCUT2D eigenvalue weighted by Crippen LogP contribution is -2.49. The van der Waals surface area contributed by atoms with Crippen molar-refractivity contribution in [2.75, 3.05) is 31.1 Å². The molecule has 3 aromatic rings. The molecule has 1 N–H and O–H groups in total. The van der Waals surface area contributed by atoms with E-state index in [0.717, 1.165) is 53.5 Å². The molecule has 0 radical (unpaired) electrons. The van der Waals surface area contributed by atoms with E-state index in [-0.39, 0.29) is 0 Å². The van der Waals surface area contributed by atoms with Crippen LogP contribution < -0.4 is 4.90 Å². The number of aromatic nitrogens is 3. The van der Waals surface area contributed by atoms with E-state index in [9.17, 15) is 9.90 Å². The summed E-state index contributed by atoms with van der Waals surface area (Å²) in [6.45, 7) is 2.17. The van der Waals surface area contributed by atoms with Gasteiger partial charge in [0.1, 0.15) is 0 Å². The largest absolute Gasteiger partial charge is 0.465 e. The molecule has 5 rings (SSSR count). The molecule has 1 saturated heterocycles. The van der Waals surface area contributed by atoms with Crippen LogP contribution in [-0.4, -0.2) is 57.2 Å². The standard InChI is InChI=1S/C22H23N5O2/c28-22(29)27-11-9-26(10-12-27)21-24-19-8-4-2-6-17(19)20(25-21)16-13-15-5-1-3-7-18(15)23-14-16/h1,3,5,7,13-14H,2,4,6,8-12H2,(H,28,29). The summed E-state index contributed by atoms with van der Waals surface area (Å²) in [5.41, 5.74) is 5.34. The van der Waals surface area contributed by atoms with E-state index in [1.165, 1.54) is 10.5 Å². The zero-order chi connectivity index (χ0) is 19.8. The SMILES string of the molecule is O=C(O)N1CCN(c2nc3c(c(-c4cnc5ccccc5c4)n2)CCCC3)CC1. The van der Waals surface area contributed by atoms with Gasteiger partial charge in [-0.3, -0.25) is 4.98 Å². The molecule has 7 nitrogen and oxygen atoms in total. The first-order chi connectivity index (χ1) is 14.2. The number of amides is 1. The Hall–Kier alpha value is -3.22. The number of nitrogens with zero attached hydrogens (tertiary/aromatic N) is 5. The van der Waals surface area contributed by atoms with Gasteiger partial charge < -0.3 is 14.9 Å². The number of anilines is 1. The number of piperazine rings is 1. The Balaban J connectivity index is 1.55. The molecule has 0 unspecified atom stereocenters. The Labute approximate surface area is 169 Å². The number of fused-ring (bicyclic) bond motifs is 2. The summed E-state index contributed by atoms with van der Waals surface area (Å²) in [6.07, 6.45) is 5.30. The van der Waals surface area contributed by atoms with E-state index in [4.69, 9.17) is 9.97 Å².